The predicted molar refractivity (Wildman–Crippen MR) is 136 cm³/mol. The summed E-state index contributed by atoms with van der Waals surface area (Å²) in [6.07, 6.45) is 2.14. The van der Waals surface area contributed by atoms with Crippen LogP contribution in [0.25, 0.3) is 0 Å². The Morgan fingerprint density at radius 2 is 1.00 bits per heavy atom. The maximum absolute atomic E-state index is 11.3. The Balaban J connectivity index is 1.76. The van der Waals surface area contributed by atoms with Gasteiger partial charge < -0.3 is 10.2 Å². The van der Waals surface area contributed by atoms with Crippen LogP contribution in [0.15, 0.2) is 84.9 Å². The van der Waals surface area contributed by atoms with Gasteiger partial charge in [-0.2, -0.15) is 0 Å². The topological polar surface area (TPSA) is 40.5 Å². The van der Waals surface area contributed by atoms with Gasteiger partial charge in [0.15, 0.2) is 0 Å². The van der Waals surface area contributed by atoms with Crippen LogP contribution in [0.1, 0.15) is 63.8 Å². The SMILES string of the molecule is CCC(c1cc(C)cc(Cc2ccccc2)c1O)c1cc(C)cc(Cc2ccccc2)c1O. The highest BCUT2D eigenvalue weighted by atomic mass is 16.3. The van der Waals surface area contributed by atoms with Crippen molar-refractivity contribution in [2.24, 2.45) is 0 Å². The van der Waals surface area contributed by atoms with E-state index >= 15 is 0 Å². The molecule has 0 saturated carbocycles. The van der Waals surface area contributed by atoms with Crippen molar-refractivity contribution in [3.63, 3.8) is 0 Å². The number of aryl methyl sites for hydroxylation is 2. The average molecular weight is 437 g/mol. The minimum atomic E-state index is -0.0890. The molecule has 0 aliphatic heterocycles. The van der Waals surface area contributed by atoms with E-state index in [1.807, 2.05) is 36.4 Å². The standard InChI is InChI=1S/C31H32O2/c1-4-27(28-17-21(2)15-25(30(28)32)19-23-11-7-5-8-12-23)29-18-22(3)16-26(31(29)33)20-24-13-9-6-10-14-24/h5-18,27,32-33H,4,19-20H2,1-3H3. The van der Waals surface area contributed by atoms with Crippen LogP contribution in [-0.4, -0.2) is 10.2 Å². The van der Waals surface area contributed by atoms with Crippen LogP contribution < -0.4 is 0 Å². The number of rotatable bonds is 7. The van der Waals surface area contributed by atoms with E-state index in [1.54, 1.807) is 0 Å². The lowest BCUT2D eigenvalue weighted by Crippen LogP contribution is -2.05. The lowest BCUT2D eigenvalue weighted by molar-refractivity contribution is 0.446. The van der Waals surface area contributed by atoms with Crippen LogP contribution in [0.2, 0.25) is 0 Å². The van der Waals surface area contributed by atoms with E-state index in [0.717, 1.165) is 39.8 Å². The van der Waals surface area contributed by atoms with Gasteiger partial charge in [0.1, 0.15) is 11.5 Å². The molecule has 0 fully saturated rings. The third kappa shape index (κ3) is 5.12. The summed E-state index contributed by atoms with van der Waals surface area (Å²) in [4.78, 5) is 0. The summed E-state index contributed by atoms with van der Waals surface area (Å²) in [5.74, 6) is 0.581. The van der Waals surface area contributed by atoms with Gasteiger partial charge >= 0.3 is 0 Å². The Morgan fingerprint density at radius 3 is 1.36 bits per heavy atom. The molecule has 4 rings (SSSR count). The second-order valence-electron chi connectivity index (χ2n) is 9.01. The quantitative estimate of drug-likeness (QED) is 0.316. The van der Waals surface area contributed by atoms with E-state index in [1.165, 1.54) is 11.1 Å². The molecular weight excluding hydrogens is 404 g/mol. The Morgan fingerprint density at radius 1 is 0.606 bits per heavy atom. The third-order valence-electron chi connectivity index (χ3n) is 6.36. The maximum Gasteiger partial charge on any atom is 0.122 e. The Bertz CT molecular complexity index is 1130. The number of phenols is 2. The molecule has 2 N–H and O–H groups in total. The molecule has 0 radical (unpaired) electrons. The summed E-state index contributed by atoms with van der Waals surface area (Å²) in [5, 5.41) is 22.6. The number of aromatic hydroxyl groups is 2. The molecule has 0 saturated heterocycles. The van der Waals surface area contributed by atoms with E-state index in [-0.39, 0.29) is 5.92 Å². The van der Waals surface area contributed by atoms with Gasteiger partial charge in [-0.15, -0.1) is 0 Å². The molecule has 4 aromatic rings. The molecule has 0 aromatic heterocycles. The predicted octanol–water partition coefficient (Wildman–Crippen LogP) is 7.44. The molecule has 2 nitrogen and oxygen atoms in total. The van der Waals surface area contributed by atoms with Gasteiger partial charge in [-0.1, -0.05) is 103 Å². The molecule has 0 spiro atoms. The van der Waals surface area contributed by atoms with Crippen LogP contribution in [-0.2, 0) is 12.8 Å². The fourth-order valence-electron chi connectivity index (χ4n) is 4.81. The molecule has 0 aliphatic carbocycles. The lowest BCUT2D eigenvalue weighted by Gasteiger charge is -2.23. The number of hydrogen-bond acceptors (Lipinski definition) is 2. The summed E-state index contributed by atoms with van der Waals surface area (Å²) in [5.41, 5.74) is 8.18. The first-order valence-electron chi connectivity index (χ1n) is 11.7. The van der Waals surface area contributed by atoms with E-state index in [9.17, 15) is 10.2 Å². The first-order valence-corrected chi connectivity index (χ1v) is 11.7. The monoisotopic (exact) mass is 436 g/mol. The molecular formula is C31H32O2. The smallest absolute Gasteiger partial charge is 0.122 e. The highest BCUT2D eigenvalue weighted by Gasteiger charge is 2.23. The third-order valence-corrected chi connectivity index (χ3v) is 6.36. The van der Waals surface area contributed by atoms with Crippen LogP contribution in [0.5, 0.6) is 11.5 Å². The molecule has 0 aliphatic rings. The highest BCUT2D eigenvalue weighted by molar-refractivity contribution is 5.55. The van der Waals surface area contributed by atoms with Crippen molar-refractivity contribution in [1.82, 2.24) is 0 Å². The summed E-state index contributed by atoms with van der Waals surface area (Å²) in [6.45, 7) is 6.25. The van der Waals surface area contributed by atoms with Gasteiger partial charge in [0.25, 0.3) is 0 Å². The maximum atomic E-state index is 11.3. The van der Waals surface area contributed by atoms with Gasteiger partial charge in [-0.05, 0) is 42.5 Å². The Kier molecular flexibility index (Phi) is 6.84. The number of phenolic OH excluding ortho intramolecular Hbond substituents is 2. The van der Waals surface area contributed by atoms with Gasteiger partial charge in [0, 0.05) is 29.9 Å². The minimum absolute atomic E-state index is 0.0890. The largest absolute Gasteiger partial charge is 0.507 e. The van der Waals surface area contributed by atoms with Crippen molar-refractivity contribution >= 4 is 0 Å². The summed E-state index contributed by atoms with van der Waals surface area (Å²) < 4.78 is 0. The molecule has 0 atom stereocenters. The van der Waals surface area contributed by atoms with Crippen molar-refractivity contribution in [3.8, 4) is 11.5 Å². The van der Waals surface area contributed by atoms with E-state index < -0.39 is 0 Å². The molecule has 4 aromatic carbocycles. The van der Waals surface area contributed by atoms with Crippen LogP contribution in [0, 0.1) is 13.8 Å². The molecule has 0 unspecified atom stereocenters. The fraction of sp³-hybridized carbons (Fsp3) is 0.226. The van der Waals surface area contributed by atoms with Crippen molar-refractivity contribution in [1.29, 1.82) is 0 Å². The zero-order valence-corrected chi connectivity index (χ0v) is 19.7. The van der Waals surface area contributed by atoms with Crippen LogP contribution >= 0.6 is 0 Å². The fourth-order valence-corrected chi connectivity index (χ4v) is 4.81. The van der Waals surface area contributed by atoms with Gasteiger partial charge in [0.2, 0.25) is 0 Å². The van der Waals surface area contributed by atoms with Gasteiger partial charge in [0.05, 0.1) is 0 Å². The van der Waals surface area contributed by atoms with Crippen molar-refractivity contribution < 1.29 is 10.2 Å². The van der Waals surface area contributed by atoms with Crippen molar-refractivity contribution in [3.05, 3.63) is 129 Å². The van der Waals surface area contributed by atoms with Gasteiger partial charge in [-0.25, -0.2) is 0 Å². The van der Waals surface area contributed by atoms with Gasteiger partial charge in [-0.3, -0.25) is 0 Å². The van der Waals surface area contributed by atoms with E-state index in [4.69, 9.17) is 0 Å². The highest BCUT2D eigenvalue weighted by Crippen LogP contribution is 2.42. The molecule has 168 valence electrons. The summed E-state index contributed by atoms with van der Waals surface area (Å²) >= 11 is 0. The van der Waals surface area contributed by atoms with E-state index in [0.29, 0.717) is 24.3 Å². The summed E-state index contributed by atoms with van der Waals surface area (Å²) in [6, 6.07) is 28.7. The Hall–Kier alpha value is -3.52. The zero-order valence-electron chi connectivity index (χ0n) is 19.7. The second kappa shape index (κ2) is 9.95. The zero-order chi connectivity index (χ0) is 23.4. The second-order valence-corrected chi connectivity index (χ2v) is 9.01. The lowest BCUT2D eigenvalue weighted by atomic mass is 9.83. The summed E-state index contributed by atoms with van der Waals surface area (Å²) in [7, 11) is 0. The van der Waals surface area contributed by atoms with Crippen molar-refractivity contribution in [2.75, 3.05) is 0 Å². The van der Waals surface area contributed by atoms with E-state index in [2.05, 4.69) is 69.3 Å². The molecule has 0 heterocycles. The normalized spacial score (nSPS) is 11.2. The Labute approximate surface area is 197 Å². The van der Waals surface area contributed by atoms with Crippen molar-refractivity contribution in [2.45, 2.75) is 46.0 Å². The minimum Gasteiger partial charge on any atom is -0.507 e. The van der Waals surface area contributed by atoms with Crippen LogP contribution in [0.3, 0.4) is 0 Å². The molecule has 0 amide bonds. The first-order chi connectivity index (χ1) is 16.0. The van der Waals surface area contributed by atoms with Crippen LogP contribution in [0.4, 0.5) is 0 Å². The first kappa shape index (κ1) is 22.7. The molecule has 2 heteroatoms. The molecule has 33 heavy (non-hydrogen) atoms. The average Bonchev–Trinajstić information content (AvgIpc) is 2.81. The number of hydrogen-bond donors (Lipinski definition) is 2. The number of benzene rings is 4. The molecule has 0 bridgehead atoms.